The summed E-state index contributed by atoms with van der Waals surface area (Å²) in [5.41, 5.74) is 0.963. The molecule has 1 atom stereocenters. The quantitative estimate of drug-likeness (QED) is 0.872. The van der Waals surface area contributed by atoms with Crippen LogP contribution >= 0.6 is 0 Å². The van der Waals surface area contributed by atoms with Gasteiger partial charge in [0.1, 0.15) is 0 Å². The molecule has 4 nitrogen and oxygen atoms in total. The van der Waals surface area contributed by atoms with Gasteiger partial charge >= 0.3 is 0 Å². The minimum Gasteiger partial charge on any atom is -0.264 e. The minimum absolute atomic E-state index is 0.103. The molecule has 104 valence electrons. The predicted molar refractivity (Wildman–Crippen MR) is 76.5 cm³/mol. The zero-order valence-electron chi connectivity index (χ0n) is 11.0. The average Bonchev–Trinajstić information content (AvgIpc) is 2.99. The molecule has 2 aromatic rings. The number of pyridine rings is 1. The maximum Gasteiger partial charge on any atom is 0.243 e. The van der Waals surface area contributed by atoms with Crippen LogP contribution in [0.25, 0.3) is 0 Å². The number of aromatic nitrogens is 1. The second-order valence-corrected chi connectivity index (χ2v) is 6.76. The zero-order chi connectivity index (χ0) is 14.0. The molecule has 2 heterocycles. The second kappa shape index (κ2) is 5.34. The van der Waals surface area contributed by atoms with E-state index in [1.54, 1.807) is 41.0 Å². The van der Waals surface area contributed by atoms with Gasteiger partial charge in [-0.1, -0.05) is 24.3 Å². The van der Waals surface area contributed by atoms with Crippen molar-refractivity contribution in [2.75, 3.05) is 6.54 Å². The van der Waals surface area contributed by atoms with Crippen LogP contribution in [-0.2, 0) is 10.0 Å². The molecule has 20 heavy (non-hydrogen) atoms. The van der Waals surface area contributed by atoms with Crippen LogP contribution in [0.5, 0.6) is 0 Å². The highest BCUT2D eigenvalue weighted by atomic mass is 32.2. The third kappa shape index (κ3) is 2.34. The molecule has 1 aliphatic heterocycles. The lowest BCUT2D eigenvalue weighted by Gasteiger charge is -2.24. The second-order valence-electron chi connectivity index (χ2n) is 4.87. The van der Waals surface area contributed by atoms with Gasteiger partial charge in [-0.3, -0.25) is 4.98 Å². The van der Waals surface area contributed by atoms with Crippen molar-refractivity contribution in [1.82, 2.24) is 9.29 Å². The number of benzene rings is 1. The van der Waals surface area contributed by atoms with Crippen molar-refractivity contribution in [3.8, 4) is 0 Å². The monoisotopic (exact) mass is 288 g/mol. The van der Waals surface area contributed by atoms with Crippen LogP contribution < -0.4 is 0 Å². The Labute approximate surface area is 119 Å². The maximum atomic E-state index is 12.7. The molecule has 0 radical (unpaired) electrons. The van der Waals surface area contributed by atoms with Crippen molar-refractivity contribution in [3.05, 3.63) is 60.4 Å². The third-order valence-electron chi connectivity index (χ3n) is 3.62. The Balaban J connectivity index is 1.97. The average molecular weight is 288 g/mol. The Bertz CT molecular complexity index is 672. The van der Waals surface area contributed by atoms with E-state index in [4.69, 9.17) is 0 Å². The van der Waals surface area contributed by atoms with E-state index in [1.165, 1.54) is 0 Å². The van der Waals surface area contributed by atoms with Crippen LogP contribution in [0.1, 0.15) is 24.4 Å². The Morgan fingerprint density at radius 1 is 1.10 bits per heavy atom. The van der Waals surface area contributed by atoms with Gasteiger partial charge in [0.15, 0.2) is 0 Å². The highest BCUT2D eigenvalue weighted by Crippen LogP contribution is 2.35. The van der Waals surface area contributed by atoms with Gasteiger partial charge in [-0.15, -0.1) is 0 Å². The van der Waals surface area contributed by atoms with Gasteiger partial charge in [0.25, 0.3) is 0 Å². The Kier molecular flexibility index (Phi) is 3.54. The topological polar surface area (TPSA) is 50.3 Å². The lowest BCUT2D eigenvalue weighted by molar-refractivity contribution is 0.396. The van der Waals surface area contributed by atoms with Gasteiger partial charge < -0.3 is 0 Å². The molecule has 0 bridgehead atoms. The summed E-state index contributed by atoms with van der Waals surface area (Å²) in [6.45, 7) is 0.566. The first kappa shape index (κ1) is 13.3. The molecule has 0 aliphatic carbocycles. The van der Waals surface area contributed by atoms with E-state index in [9.17, 15) is 8.42 Å². The molecule has 1 aliphatic rings. The van der Waals surface area contributed by atoms with E-state index in [1.807, 2.05) is 18.2 Å². The lowest BCUT2D eigenvalue weighted by Crippen LogP contribution is -2.30. The summed E-state index contributed by atoms with van der Waals surface area (Å²) in [7, 11) is -3.43. The lowest BCUT2D eigenvalue weighted by atomic mass is 10.1. The Morgan fingerprint density at radius 2 is 1.90 bits per heavy atom. The Morgan fingerprint density at radius 3 is 2.60 bits per heavy atom. The smallest absolute Gasteiger partial charge is 0.243 e. The zero-order valence-corrected chi connectivity index (χ0v) is 11.8. The molecule has 0 amide bonds. The first-order chi connectivity index (χ1) is 9.69. The fraction of sp³-hybridized carbons (Fsp3) is 0.267. The van der Waals surface area contributed by atoms with E-state index < -0.39 is 10.0 Å². The van der Waals surface area contributed by atoms with Crippen molar-refractivity contribution < 1.29 is 8.42 Å². The number of hydrogen-bond acceptors (Lipinski definition) is 3. The summed E-state index contributed by atoms with van der Waals surface area (Å²) >= 11 is 0. The number of rotatable bonds is 3. The summed E-state index contributed by atoms with van der Waals surface area (Å²) in [6.07, 6.45) is 5.18. The van der Waals surface area contributed by atoms with Crippen molar-refractivity contribution in [2.45, 2.75) is 23.8 Å². The van der Waals surface area contributed by atoms with E-state index >= 15 is 0 Å². The van der Waals surface area contributed by atoms with Crippen LogP contribution in [0.2, 0.25) is 0 Å². The van der Waals surface area contributed by atoms with Gasteiger partial charge in [-0.2, -0.15) is 4.31 Å². The molecule has 3 rings (SSSR count). The van der Waals surface area contributed by atoms with Crippen LogP contribution in [0.3, 0.4) is 0 Å². The summed E-state index contributed by atoms with van der Waals surface area (Å²) in [5.74, 6) is 0. The van der Waals surface area contributed by atoms with E-state index in [2.05, 4.69) is 4.98 Å². The van der Waals surface area contributed by atoms with Gasteiger partial charge in [-0.25, -0.2) is 8.42 Å². The first-order valence-electron chi connectivity index (χ1n) is 6.66. The van der Waals surface area contributed by atoms with Crippen molar-refractivity contribution in [3.63, 3.8) is 0 Å². The van der Waals surface area contributed by atoms with Gasteiger partial charge in [0.2, 0.25) is 10.0 Å². The van der Waals surface area contributed by atoms with E-state index in [0.29, 0.717) is 11.4 Å². The molecule has 1 unspecified atom stereocenters. The Hall–Kier alpha value is -1.72. The molecule has 5 heteroatoms. The first-order valence-corrected chi connectivity index (χ1v) is 8.10. The van der Waals surface area contributed by atoms with Crippen LogP contribution in [0.15, 0.2) is 59.8 Å². The van der Waals surface area contributed by atoms with Crippen LogP contribution in [0, 0.1) is 0 Å². The van der Waals surface area contributed by atoms with Crippen molar-refractivity contribution in [1.29, 1.82) is 0 Å². The number of hydrogen-bond donors (Lipinski definition) is 0. The molecule has 1 aromatic heterocycles. The number of sulfonamides is 1. The molecule has 1 saturated heterocycles. The molecular formula is C15H16N2O2S. The fourth-order valence-corrected chi connectivity index (χ4v) is 4.37. The van der Waals surface area contributed by atoms with Crippen molar-refractivity contribution in [2.24, 2.45) is 0 Å². The highest BCUT2D eigenvalue weighted by molar-refractivity contribution is 7.89. The number of nitrogens with zero attached hydrogens (tertiary/aromatic N) is 2. The van der Waals surface area contributed by atoms with Gasteiger partial charge in [0.05, 0.1) is 10.9 Å². The standard InChI is InChI=1S/C15H16N2O2S/c18-20(19,14-7-2-1-3-8-14)17-11-5-9-15(17)13-6-4-10-16-12-13/h1-4,6-8,10,12,15H,5,9,11H2. The predicted octanol–water partition coefficient (Wildman–Crippen LogP) is 2.61. The van der Waals surface area contributed by atoms with E-state index in [0.717, 1.165) is 18.4 Å². The minimum atomic E-state index is -3.43. The third-order valence-corrected chi connectivity index (χ3v) is 5.55. The van der Waals surface area contributed by atoms with E-state index in [-0.39, 0.29) is 6.04 Å². The molecule has 0 saturated carbocycles. The fourth-order valence-electron chi connectivity index (χ4n) is 2.66. The van der Waals surface area contributed by atoms with Crippen LogP contribution in [0.4, 0.5) is 0 Å². The SMILES string of the molecule is O=S(=O)(c1ccccc1)N1CCCC1c1cccnc1. The summed E-state index contributed by atoms with van der Waals surface area (Å²) in [5, 5.41) is 0. The molecule has 0 spiro atoms. The van der Waals surface area contributed by atoms with Gasteiger partial charge in [-0.05, 0) is 36.6 Å². The molecule has 1 aromatic carbocycles. The van der Waals surface area contributed by atoms with Gasteiger partial charge in [0, 0.05) is 18.9 Å². The van der Waals surface area contributed by atoms with Crippen molar-refractivity contribution >= 4 is 10.0 Å². The van der Waals surface area contributed by atoms with Crippen LogP contribution in [-0.4, -0.2) is 24.3 Å². The molecule has 1 fully saturated rings. The summed E-state index contributed by atoms with van der Waals surface area (Å²) in [6, 6.07) is 12.3. The summed E-state index contributed by atoms with van der Waals surface area (Å²) < 4.78 is 27.0. The highest BCUT2D eigenvalue weighted by Gasteiger charge is 2.36. The maximum absolute atomic E-state index is 12.7. The largest absolute Gasteiger partial charge is 0.264 e. The molecular weight excluding hydrogens is 272 g/mol. The normalized spacial score (nSPS) is 20.1. The summed E-state index contributed by atoms with van der Waals surface area (Å²) in [4.78, 5) is 4.45. The molecule has 0 N–H and O–H groups in total.